The molecular weight excluding hydrogens is 439 g/mol. The zero-order chi connectivity index (χ0) is 24.1. The fraction of sp³-hybridized carbons (Fsp3) is 0.320. The van der Waals surface area contributed by atoms with Crippen LogP contribution >= 0.6 is 0 Å². The lowest BCUT2D eigenvalue weighted by Gasteiger charge is -2.26. The molecule has 3 aromatic rings. The van der Waals surface area contributed by atoms with Crippen LogP contribution < -0.4 is 5.32 Å². The number of rotatable bonds is 7. The van der Waals surface area contributed by atoms with Crippen LogP contribution in [-0.2, 0) is 20.8 Å². The van der Waals surface area contributed by atoms with Crippen molar-refractivity contribution in [3.8, 4) is 5.69 Å². The topological polar surface area (TPSA) is 85.7 Å². The summed E-state index contributed by atoms with van der Waals surface area (Å²) in [6.07, 6.45) is 0. The first kappa shape index (κ1) is 23.6. The van der Waals surface area contributed by atoms with Gasteiger partial charge in [-0.3, -0.25) is 9.69 Å². The van der Waals surface area contributed by atoms with Crippen LogP contribution in [0.2, 0.25) is 0 Å². The Labute approximate surface area is 197 Å². The van der Waals surface area contributed by atoms with E-state index >= 15 is 0 Å². The summed E-state index contributed by atoms with van der Waals surface area (Å²) in [5.41, 5.74) is 3.69. The molecule has 178 valence electrons. The van der Waals surface area contributed by atoms with Crippen molar-refractivity contribution in [1.29, 1.82) is 0 Å². The molecule has 0 radical (unpaired) electrons. The van der Waals surface area contributed by atoms with Gasteiger partial charge >= 0.3 is 5.97 Å². The molecular formula is C25H27FN4O4. The van der Waals surface area contributed by atoms with E-state index < -0.39 is 18.5 Å². The molecule has 1 N–H and O–H groups in total. The van der Waals surface area contributed by atoms with Crippen LogP contribution in [-0.4, -0.2) is 59.5 Å². The van der Waals surface area contributed by atoms with E-state index in [1.54, 1.807) is 30.7 Å². The number of anilines is 1. The highest BCUT2D eigenvalue weighted by Gasteiger charge is 2.21. The number of ether oxygens (including phenoxy) is 2. The third-order valence-corrected chi connectivity index (χ3v) is 5.65. The number of nitrogens with one attached hydrogen (secondary N) is 1. The zero-order valence-corrected chi connectivity index (χ0v) is 19.2. The van der Waals surface area contributed by atoms with Crippen molar-refractivity contribution in [3.05, 3.63) is 76.9 Å². The van der Waals surface area contributed by atoms with E-state index in [0.717, 1.165) is 38.4 Å². The van der Waals surface area contributed by atoms with Gasteiger partial charge in [-0.25, -0.2) is 13.9 Å². The fourth-order valence-corrected chi connectivity index (χ4v) is 3.88. The third kappa shape index (κ3) is 5.67. The Morgan fingerprint density at radius 3 is 2.41 bits per heavy atom. The standard InChI is InChI=1S/C25H27FN4O4/c1-17-24(18(2)30(28-17)22-9-5-20(26)6-10-22)25(32)34-16-23(31)27-21-7-3-19(4-8-21)15-29-11-13-33-14-12-29/h3-10H,11-16H2,1-2H3,(H,27,31). The van der Waals surface area contributed by atoms with Gasteiger partial charge in [0.2, 0.25) is 0 Å². The van der Waals surface area contributed by atoms with Crippen LogP contribution in [0.4, 0.5) is 10.1 Å². The maximum atomic E-state index is 13.2. The second kappa shape index (κ2) is 10.6. The van der Waals surface area contributed by atoms with Crippen molar-refractivity contribution in [3.63, 3.8) is 0 Å². The molecule has 9 heteroatoms. The number of amides is 1. The molecule has 34 heavy (non-hydrogen) atoms. The molecule has 1 saturated heterocycles. The molecule has 2 heterocycles. The number of hydrogen-bond acceptors (Lipinski definition) is 6. The predicted molar refractivity (Wildman–Crippen MR) is 124 cm³/mol. The van der Waals surface area contributed by atoms with E-state index in [0.29, 0.717) is 22.8 Å². The largest absolute Gasteiger partial charge is 0.452 e. The molecule has 0 aliphatic carbocycles. The van der Waals surface area contributed by atoms with Crippen molar-refractivity contribution < 1.29 is 23.5 Å². The molecule has 1 amide bonds. The van der Waals surface area contributed by atoms with E-state index in [4.69, 9.17) is 9.47 Å². The highest BCUT2D eigenvalue weighted by Crippen LogP contribution is 2.19. The second-order valence-corrected chi connectivity index (χ2v) is 8.14. The summed E-state index contributed by atoms with van der Waals surface area (Å²) in [6, 6.07) is 13.4. The predicted octanol–water partition coefficient (Wildman–Crippen LogP) is 3.26. The van der Waals surface area contributed by atoms with Crippen LogP contribution in [0.25, 0.3) is 5.69 Å². The lowest BCUT2D eigenvalue weighted by Crippen LogP contribution is -2.35. The number of aryl methyl sites for hydroxylation is 1. The van der Waals surface area contributed by atoms with E-state index in [-0.39, 0.29) is 11.4 Å². The Morgan fingerprint density at radius 2 is 1.74 bits per heavy atom. The van der Waals surface area contributed by atoms with Crippen molar-refractivity contribution in [1.82, 2.24) is 14.7 Å². The van der Waals surface area contributed by atoms with E-state index in [2.05, 4.69) is 15.3 Å². The van der Waals surface area contributed by atoms with Crippen LogP contribution in [0.1, 0.15) is 27.3 Å². The van der Waals surface area contributed by atoms with Gasteiger partial charge in [0, 0.05) is 25.3 Å². The van der Waals surface area contributed by atoms with Crippen molar-refractivity contribution in [2.45, 2.75) is 20.4 Å². The maximum absolute atomic E-state index is 13.2. The summed E-state index contributed by atoms with van der Waals surface area (Å²) >= 11 is 0. The molecule has 0 unspecified atom stereocenters. The summed E-state index contributed by atoms with van der Waals surface area (Å²) in [7, 11) is 0. The Balaban J connectivity index is 1.31. The fourth-order valence-electron chi connectivity index (χ4n) is 3.88. The van der Waals surface area contributed by atoms with Gasteiger partial charge in [-0.05, 0) is 55.8 Å². The summed E-state index contributed by atoms with van der Waals surface area (Å²) in [5.74, 6) is -1.43. The maximum Gasteiger partial charge on any atom is 0.342 e. The number of nitrogens with zero attached hydrogens (tertiary/aromatic N) is 3. The number of aromatic nitrogens is 2. The second-order valence-electron chi connectivity index (χ2n) is 8.14. The Kier molecular flexibility index (Phi) is 7.34. The molecule has 2 aromatic carbocycles. The van der Waals surface area contributed by atoms with Crippen LogP contribution in [0, 0.1) is 19.7 Å². The van der Waals surface area contributed by atoms with Crippen LogP contribution in [0.15, 0.2) is 48.5 Å². The van der Waals surface area contributed by atoms with Gasteiger partial charge in [-0.15, -0.1) is 0 Å². The lowest BCUT2D eigenvalue weighted by atomic mass is 10.2. The van der Waals surface area contributed by atoms with Gasteiger partial charge in [0.25, 0.3) is 5.91 Å². The number of carbonyl (C=O) groups is 2. The first-order chi connectivity index (χ1) is 16.4. The molecule has 0 atom stereocenters. The molecule has 0 saturated carbocycles. The minimum Gasteiger partial charge on any atom is -0.452 e. The minimum atomic E-state index is -0.639. The zero-order valence-electron chi connectivity index (χ0n) is 19.2. The van der Waals surface area contributed by atoms with E-state index in [1.165, 1.54) is 12.1 Å². The van der Waals surface area contributed by atoms with Gasteiger partial charge < -0.3 is 14.8 Å². The third-order valence-electron chi connectivity index (χ3n) is 5.65. The SMILES string of the molecule is Cc1nn(-c2ccc(F)cc2)c(C)c1C(=O)OCC(=O)Nc1ccc(CN2CCOCC2)cc1. The normalized spacial score (nSPS) is 14.1. The smallest absolute Gasteiger partial charge is 0.342 e. The summed E-state index contributed by atoms with van der Waals surface area (Å²) in [5, 5.41) is 7.10. The first-order valence-corrected chi connectivity index (χ1v) is 11.1. The van der Waals surface area contributed by atoms with E-state index in [9.17, 15) is 14.0 Å². The Hall–Kier alpha value is -3.56. The molecule has 0 bridgehead atoms. The first-order valence-electron chi connectivity index (χ1n) is 11.1. The number of halogens is 1. The average molecular weight is 467 g/mol. The number of morpholine rings is 1. The molecule has 1 aromatic heterocycles. The van der Waals surface area contributed by atoms with Gasteiger partial charge in [0.15, 0.2) is 6.61 Å². The average Bonchev–Trinajstić information content (AvgIpc) is 3.14. The van der Waals surface area contributed by atoms with Gasteiger partial charge in [-0.1, -0.05) is 12.1 Å². The quantitative estimate of drug-likeness (QED) is 0.538. The summed E-state index contributed by atoms with van der Waals surface area (Å²) < 4.78 is 25.4. The number of benzene rings is 2. The molecule has 4 rings (SSSR count). The molecule has 1 aliphatic rings. The van der Waals surface area contributed by atoms with Crippen molar-refractivity contribution >= 4 is 17.6 Å². The van der Waals surface area contributed by atoms with Crippen molar-refractivity contribution in [2.24, 2.45) is 0 Å². The lowest BCUT2D eigenvalue weighted by molar-refractivity contribution is -0.119. The van der Waals surface area contributed by atoms with Gasteiger partial charge in [0.05, 0.1) is 30.3 Å². The van der Waals surface area contributed by atoms with Gasteiger partial charge in [-0.2, -0.15) is 5.10 Å². The Bertz CT molecular complexity index is 1150. The summed E-state index contributed by atoms with van der Waals surface area (Å²) in [4.78, 5) is 27.3. The summed E-state index contributed by atoms with van der Waals surface area (Å²) in [6.45, 7) is 7.13. The minimum absolute atomic E-state index is 0.282. The molecule has 1 aliphatic heterocycles. The number of hydrogen-bond donors (Lipinski definition) is 1. The molecule has 1 fully saturated rings. The van der Waals surface area contributed by atoms with Crippen LogP contribution in [0.3, 0.4) is 0 Å². The van der Waals surface area contributed by atoms with Gasteiger partial charge in [0.1, 0.15) is 11.4 Å². The molecule has 0 spiro atoms. The van der Waals surface area contributed by atoms with Crippen molar-refractivity contribution in [2.75, 3.05) is 38.2 Å². The highest BCUT2D eigenvalue weighted by molar-refractivity contribution is 5.96. The number of carbonyl (C=O) groups excluding carboxylic acids is 2. The number of esters is 1. The monoisotopic (exact) mass is 466 g/mol. The molecule has 8 nitrogen and oxygen atoms in total. The van der Waals surface area contributed by atoms with Crippen LogP contribution in [0.5, 0.6) is 0 Å². The highest BCUT2D eigenvalue weighted by atomic mass is 19.1. The Morgan fingerprint density at radius 1 is 1.06 bits per heavy atom. The van der Waals surface area contributed by atoms with E-state index in [1.807, 2.05) is 24.3 Å².